The van der Waals surface area contributed by atoms with Crippen molar-refractivity contribution in [1.82, 2.24) is 0 Å². The van der Waals surface area contributed by atoms with Crippen LogP contribution in [0.1, 0.15) is 59.3 Å². The Kier molecular flexibility index (Phi) is 7.03. The van der Waals surface area contributed by atoms with Crippen LogP contribution < -0.4 is 0 Å². The van der Waals surface area contributed by atoms with Crippen LogP contribution in [-0.2, 0) is 4.74 Å². The Morgan fingerprint density at radius 3 is 1.80 bits per heavy atom. The van der Waals surface area contributed by atoms with Crippen molar-refractivity contribution in [1.29, 1.82) is 0 Å². The number of hydrogen-bond acceptors (Lipinski definition) is 4. The van der Waals surface area contributed by atoms with E-state index in [-0.39, 0.29) is 6.10 Å². The van der Waals surface area contributed by atoms with Gasteiger partial charge in [-0.3, -0.25) is 0 Å². The zero-order valence-corrected chi connectivity index (χ0v) is 15.8. The topological polar surface area (TPSA) is 73.2 Å². The Bertz CT molecular complexity index is 490. The molecule has 0 spiro atoms. The zero-order valence-electron chi connectivity index (χ0n) is 15.8. The highest BCUT2D eigenvalue weighted by Gasteiger charge is 2.73. The molecule has 2 rings (SSSR count). The van der Waals surface area contributed by atoms with Gasteiger partial charge in [0.05, 0.1) is 17.6 Å². The number of allylic oxidation sites excluding steroid dienone is 3. The first kappa shape index (κ1) is 20.4. The van der Waals surface area contributed by atoms with Crippen molar-refractivity contribution in [2.45, 2.75) is 89.3 Å². The van der Waals surface area contributed by atoms with Gasteiger partial charge in [-0.05, 0) is 38.5 Å². The fourth-order valence-corrected chi connectivity index (χ4v) is 4.21. The smallest absolute Gasteiger partial charge is 0.125 e. The van der Waals surface area contributed by atoms with Crippen LogP contribution in [0.3, 0.4) is 0 Å². The Balaban J connectivity index is 2.34. The summed E-state index contributed by atoms with van der Waals surface area (Å²) in [4.78, 5) is 0. The van der Waals surface area contributed by atoms with Gasteiger partial charge in [0, 0.05) is 0 Å². The summed E-state index contributed by atoms with van der Waals surface area (Å²) in [5.74, 6) is 0. The highest BCUT2D eigenvalue weighted by Crippen LogP contribution is 2.61. The van der Waals surface area contributed by atoms with Crippen LogP contribution >= 0.6 is 0 Å². The predicted octanol–water partition coefficient (Wildman–Crippen LogP) is 3.28. The average Bonchev–Trinajstić information content (AvgIpc) is 3.38. The molecule has 3 N–H and O–H groups in total. The minimum Gasteiger partial charge on any atom is -0.388 e. The molecule has 0 radical (unpaired) electrons. The monoisotopic (exact) mass is 350 g/mol. The largest absolute Gasteiger partial charge is 0.388 e. The minimum absolute atomic E-state index is 0.349. The number of aliphatic hydroxyl groups is 3. The SMILES string of the molecule is CCC=CC(O)C12CCCC(C(O)C=CCC)(C(O)C=CCC)C1O2. The maximum atomic E-state index is 10.9. The van der Waals surface area contributed by atoms with Crippen LogP contribution in [0.5, 0.6) is 0 Å². The molecule has 0 aromatic heterocycles. The molecule has 4 nitrogen and oxygen atoms in total. The molecule has 0 aromatic rings. The lowest BCUT2D eigenvalue weighted by Crippen LogP contribution is -2.54. The molecule has 1 heterocycles. The molecule has 0 bridgehead atoms. The van der Waals surface area contributed by atoms with Gasteiger partial charge in [0.1, 0.15) is 17.8 Å². The van der Waals surface area contributed by atoms with Crippen LogP contribution in [0.25, 0.3) is 0 Å². The second-order valence-electron chi connectivity index (χ2n) is 7.26. The molecule has 1 aliphatic carbocycles. The molecule has 4 heteroatoms. The van der Waals surface area contributed by atoms with Gasteiger partial charge >= 0.3 is 0 Å². The van der Waals surface area contributed by atoms with E-state index < -0.39 is 29.3 Å². The standard InChI is InChI=1S/C21H34O4/c1-4-7-11-16(22)20(17(23)12-8-5-2)14-10-15-21(19(20)25-21)18(24)13-9-6-3/h7-9,11-13,16-19,22-24H,4-6,10,14-15H2,1-3H3. The van der Waals surface area contributed by atoms with Crippen molar-refractivity contribution in [2.75, 3.05) is 0 Å². The lowest BCUT2D eigenvalue weighted by molar-refractivity contribution is -0.0587. The van der Waals surface area contributed by atoms with Crippen molar-refractivity contribution in [3.8, 4) is 0 Å². The third-order valence-electron chi connectivity index (χ3n) is 5.65. The normalized spacial score (nSPS) is 36.0. The summed E-state index contributed by atoms with van der Waals surface area (Å²) in [6.45, 7) is 6.05. The van der Waals surface area contributed by atoms with Crippen molar-refractivity contribution in [3.05, 3.63) is 36.5 Å². The van der Waals surface area contributed by atoms with Gasteiger partial charge < -0.3 is 20.1 Å². The summed E-state index contributed by atoms with van der Waals surface area (Å²) in [5, 5.41) is 32.5. The Labute approximate surface area is 151 Å². The summed E-state index contributed by atoms with van der Waals surface area (Å²) in [6.07, 6.45) is 13.2. The molecule has 1 aliphatic heterocycles. The number of fused-ring (bicyclic) bond motifs is 1. The Hall–Kier alpha value is -0.940. The second kappa shape index (κ2) is 8.63. The van der Waals surface area contributed by atoms with E-state index in [1.807, 2.05) is 39.0 Å². The van der Waals surface area contributed by atoms with Gasteiger partial charge in [0.2, 0.25) is 0 Å². The van der Waals surface area contributed by atoms with E-state index in [4.69, 9.17) is 4.74 Å². The van der Waals surface area contributed by atoms with Gasteiger partial charge in [-0.2, -0.15) is 0 Å². The fraction of sp³-hybridized carbons (Fsp3) is 0.714. The molecule has 0 amide bonds. The second-order valence-corrected chi connectivity index (χ2v) is 7.26. The number of aliphatic hydroxyl groups excluding tert-OH is 3. The molecular formula is C21H34O4. The van der Waals surface area contributed by atoms with E-state index in [2.05, 4.69) is 0 Å². The summed E-state index contributed by atoms with van der Waals surface area (Å²) in [7, 11) is 0. The molecule has 1 saturated carbocycles. The molecular weight excluding hydrogens is 316 g/mol. The van der Waals surface area contributed by atoms with Crippen LogP contribution in [0.4, 0.5) is 0 Å². The van der Waals surface area contributed by atoms with Gasteiger partial charge in [-0.25, -0.2) is 0 Å². The first-order valence-corrected chi connectivity index (χ1v) is 9.71. The third-order valence-corrected chi connectivity index (χ3v) is 5.65. The van der Waals surface area contributed by atoms with E-state index in [1.54, 1.807) is 18.2 Å². The predicted molar refractivity (Wildman–Crippen MR) is 100 cm³/mol. The maximum absolute atomic E-state index is 10.9. The molecule has 25 heavy (non-hydrogen) atoms. The lowest BCUT2D eigenvalue weighted by Gasteiger charge is -2.43. The summed E-state index contributed by atoms with van der Waals surface area (Å²) in [6, 6.07) is 0. The van der Waals surface area contributed by atoms with Crippen LogP contribution in [0, 0.1) is 5.41 Å². The van der Waals surface area contributed by atoms with Gasteiger partial charge in [-0.15, -0.1) is 0 Å². The summed E-state index contributed by atoms with van der Waals surface area (Å²) < 4.78 is 6.05. The first-order valence-electron chi connectivity index (χ1n) is 9.71. The van der Waals surface area contributed by atoms with Crippen LogP contribution in [0.2, 0.25) is 0 Å². The number of epoxide rings is 1. The van der Waals surface area contributed by atoms with Crippen molar-refractivity contribution in [2.24, 2.45) is 5.41 Å². The summed E-state index contributed by atoms with van der Waals surface area (Å²) in [5.41, 5.74) is -1.48. The highest BCUT2D eigenvalue weighted by molar-refractivity contribution is 5.27. The highest BCUT2D eigenvalue weighted by atomic mass is 16.6. The number of hydrogen-bond donors (Lipinski definition) is 3. The average molecular weight is 350 g/mol. The lowest BCUT2D eigenvalue weighted by atomic mass is 9.62. The maximum Gasteiger partial charge on any atom is 0.125 e. The fourth-order valence-electron chi connectivity index (χ4n) is 4.21. The van der Waals surface area contributed by atoms with Crippen molar-refractivity contribution in [3.63, 3.8) is 0 Å². The van der Waals surface area contributed by atoms with Crippen molar-refractivity contribution < 1.29 is 20.1 Å². The van der Waals surface area contributed by atoms with E-state index in [1.165, 1.54) is 0 Å². The minimum atomic E-state index is -0.809. The Morgan fingerprint density at radius 1 is 0.840 bits per heavy atom. The molecule has 5 atom stereocenters. The van der Waals surface area contributed by atoms with Crippen LogP contribution in [-0.4, -0.2) is 45.3 Å². The van der Waals surface area contributed by atoms with Crippen LogP contribution in [0.15, 0.2) is 36.5 Å². The molecule has 2 fully saturated rings. The molecule has 1 saturated heterocycles. The number of rotatable bonds is 9. The van der Waals surface area contributed by atoms with E-state index in [9.17, 15) is 15.3 Å². The molecule has 142 valence electrons. The van der Waals surface area contributed by atoms with E-state index in [0.29, 0.717) is 6.42 Å². The van der Waals surface area contributed by atoms with E-state index >= 15 is 0 Å². The van der Waals surface area contributed by atoms with E-state index in [0.717, 1.165) is 32.1 Å². The number of ether oxygens (including phenoxy) is 1. The molecule has 5 unspecified atom stereocenters. The van der Waals surface area contributed by atoms with Crippen molar-refractivity contribution >= 4 is 0 Å². The third kappa shape index (κ3) is 3.77. The Morgan fingerprint density at radius 2 is 1.32 bits per heavy atom. The van der Waals surface area contributed by atoms with Gasteiger partial charge in [-0.1, -0.05) is 57.2 Å². The molecule has 2 aliphatic rings. The van der Waals surface area contributed by atoms with Gasteiger partial charge in [0.25, 0.3) is 0 Å². The van der Waals surface area contributed by atoms with Gasteiger partial charge in [0.15, 0.2) is 0 Å². The first-order chi connectivity index (χ1) is 12.0. The molecule has 0 aromatic carbocycles. The quantitative estimate of drug-likeness (QED) is 0.441. The zero-order chi connectivity index (χ0) is 18.5. The summed E-state index contributed by atoms with van der Waals surface area (Å²) >= 11 is 0.